The molecule has 22 heavy (non-hydrogen) atoms. The first-order valence-electron chi connectivity index (χ1n) is 9.01. The SMILES string of the molecule is CCC1CCC(C(=O)N2CCN(C3CCNC3)CC2)CC1.Cl. The van der Waals surface area contributed by atoms with E-state index in [4.69, 9.17) is 0 Å². The Bertz CT molecular complexity index is 344. The summed E-state index contributed by atoms with van der Waals surface area (Å²) in [6.45, 7) is 8.61. The normalized spacial score (nSPS) is 33.5. The first-order chi connectivity index (χ1) is 10.3. The van der Waals surface area contributed by atoms with Gasteiger partial charge in [-0.25, -0.2) is 0 Å². The number of halogens is 1. The van der Waals surface area contributed by atoms with E-state index in [0.717, 1.165) is 58.0 Å². The molecule has 2 aliphatic heterocycles. The van der Waals surface area contributed by atoms with E-state index >= 15 is 0 Å². The lowest BCUT2D eigenvalue weighted by Gasteiger charge is -2.40. The molecule has 5 heteroatoms. The topological polar surface area (TPSA) is 35.6 Å². The van der Waals surface area contributed by atoms with Gasteiger partial charge < -0.3 is 10.2 Å². The van der Waals surface area contributed by atoms with Crippen molar-refractivity contribution in [2.45, 2.75) is 51.5 Å². The molecule has 1 amide bonds. The van der Waals surface area contributed by atoms with Crippen molar-refractivity contribution < 1.29 is 4.79 Å². The number of carbonyl (C=O) groups is 1. The van der Waals surface area contributed by atoms with E-state index in [2.05, 4.69) is 22.0 Å². The Kier molecular flexibility index (Phi) is 6.97. The van der Waals surface area contributed by atoms with Crippen molar-refractivity contribution in [1.29, 1.82) is 0 Å². The molecule has 2 saturated heterocycles. The highest BCUT2D eigenvalue weighted by Crippen LogP contribution is 2.32. The van der Waals surface area contributed by atoms with Gasteiger partial charge in [0.25, 0.3) is 0 Å². The van der Waals surface area contributed by atoms with Gasteiger partial charge in [-0.1, -0.05) is 13.3 Å². The van der Waals surface area contributed by atoms with E-state index in [1.165, 1.54) is 25.7 Å². The second-order valence-electron chi connectivity index (χ2n) is 7.13. The minimum absolute atomic E-state index is 0. The fraction of sp³-hybridized carbons (Fsp3) is 0.941. The summed E-state index contributed by atoms with van der Waals surface area (Å²) in [7, 11) is 0. The molecule has 0 aromatic heterocycles. The third kappa shape index (κ3) is 4.15. The predicted molar refractivity (Wildman–Crippen MR) is 92.4 cm³/mol. The summed E-state index contributed by atoms with van der Waals surface area (Å²) in [6, 6.07) is 0.710. The first kappa shape index (κ1) is 18.0. The number of amides is 1. The minimum atomic E-state index is 0. The molecule has 1 saturated carbocycles. The van der Waals surface area contributed by atoms with Crippen LogP contribution in [0.1, 0.15) is 45.4 Å². The molecule has 0 aromatic carbocycles. The molecule has 0 radical (unpaired) electrons. The van der Waals surface area contributed by atoms with E-state index in [-0.39, 0.29) is 12.4 Å². The van der Waals surface area contributed by atoms with Crippen molar-refractivity contribution in [1.82, 2.24) is 15.1 Å². The zero-order valence-corrected chi connectivity index (χ0v) is 14.7. The second kappa shape index (κ2) is 8.51. The Balaban J connectivity index is 0.00000176. The number of nitrogens with one attached hydrogen (secondary N) is 1. The Morgan fingerprint density at radius 2 is 1.73 bits per heavy atom. The number of nitrogens with zero attached hydrogens (tertiary/aromatic N) is 2. The Morgan fingerprint density at radius 1 is 1.05 bits per heavy atom. The average Bonchev–Trinajstić information content (AvgIpc) is 3.09. The maximum absolute atomic E-state index is 12.7. The Morgan fingerprint density at radius 3 is 2.27 bits per heavy atom. The highest BCUT2D eigenvalue weighted by molar-refractivity contribution is 5.85. The van der Waals surface area contributed by atoms with Gasteiger partial charge in [-0.3, -0.25) is 9.69 Å². The van der Waals surface area contributed by atoms with Crippen molar-refractivity contribution in [3.8, 4) is 0 Å². The molecule has 0 spiro atoms. The highest BCUT2D eigenvalue weighted by Gasteiger charge is 2.32. The van der Waals surface area contributed by atoms with Gasteiger partial charge in [0.05, 0.1) is 0 Å². The fourth-order valence-electron chi connectivity index (χ4n) is 4.33. The quantitative estimate of drug-likeness (QED) is 0.861. The number of piperazine rings is 1. The highest BCUT2D eigenvalue weighted by atomic mass is 35.5. The van der Waals surface area contributed by atoms with E-state index in [0.29, 0.717) is 17.9 Å². The van der Waals surface area contributed by atoms with Gasteiger partial charge in [0, 0.05) is 44.7 Å². The largest absolute Gasteiger partial charge is 0.340 e. The van der Waals surface area contributed by atoms with Crippen molar-refractivity contribution in [2.75, 3.05) is 39.3 Å². The molecular formula is C17H32ClN3O. The summed E-state index contributed by atoms with van der Waals surface area (Å²) in [5, 5.41) is 3.44. The molecule has 1 aliphatic carbocycles. The zero-order valence-electron chi connectivity index (χ0n) is 13.9. The molecular weight excluding hydrogens is 298 g/mol. The molecule has 3 fully saturated rings. The minimum Gasteiger partial charge on any atom is -0.340 e. The van der Waals surface area contributed by atoms with Crippen LogP contribution in [0.3, 0.4) is 0 Å². The fourth-order valence-corrected chi connectivity index (χ4v) is 4.33. The van der Waals surface area contributed by atoms with Gasteiger partial charge in [-0.15, -0.1) is 12.4 Å². The number of hydrogen-bond acceptors (Lipinski definition) is 3. The van der Waals surface area contributed by atoms with Gasteiger partial charge in [-0.2, -0.15) is 0 Å². The van der Waals surface area contributed by atoms with Crippen LogP contribution in [0.2, 0.25) is 0 Å². The lowest BCUT2D eigenvalue weighted by molar-refractivity contribution is -0.139. The van der Waals surface area contributed by atoms with Crippen LogP contribution in [0.4, 0.5) is 0 Å². The van der Waals surface area contributed by atoms with Crippen molar-refractivity contribution in [3.63, 3.8) is 0 Å². The van der Waals surface area contributed by atoms with Crippen LogP contribution in [0.25, 0.3) is 0 Å². The zero-order chi connectivity index (χ0) is 14.7. The van der Waals surface area contributed by atoms with Gasteiger partial charge in [0.2, 0.25) is 5.91 Å². The van der Waals surface area contributed by atoms with Gasteiger partial charge in [0.1, 0.15) is 0 Å². The third-order valence-corrected chi connectivity index (χ3v) is 5.95. The van der Waals surface area contributed by atoms with Crippen LogP contribution in [0, 0.1) is 11.8 Å². The van der Waals surface area contributed by atoms with E-state index in [1.54, 1.807) is 0 Å². The third-order valence-electron chi connectivity index (χ3n) is 5.95. The molecule has 3 aliphatic rings. The van der Waals surface area contributed by atoms with Crippen LogP contribution in [-0.4, -0.2) is 61.0 Å². The smallest absolute Gasteiger partial charge is 0.225 e. The molecule has 0 aromatic rings. The summed E-state index contributed by atoms with van der Waals surface area (Å²) in [4.78, 5) is 17.4. The summed E-state index contributed by atoms with van der Waals surface area (Å²) in [5.41, 5.74) is 0. The van der Waals surface area contributed by atoms with Crippen molar-refractivity contribution in [2.24, 2.45) is 11.8 Å². The molecule has 128 valence electrons. The van der Waals surface area contributed by atoms with Crippen LogP contribution < -0.4 is 5.32 Å². The molecule has 1 unspecified atom stereocenters. The lowest BCUT2D eigenvalue weighted by Crippen LogP contribution is -2.53. The summed E-state index contributed by atoms with van der Waals surface area (Å²) in [5.74, 6) is 1.65. The van der Waals surface area contributed by atoms with Crippen LogP contribution in [0.5, 0.6) is 0 Å². The summed E-state index contributed by atoms with van der Waals surface area (Å²) >= 11 is 0. The number of carbonyl (C=O) groups excluding carboxylic acids is 1. The Hall–Kier alpha value is -0.320. The molecule has 0 bridgehead atoms. The van der Waals surface area contributed by atoms with Gasteiger partial charge in [0.15, 0.2) is 0 Å². The number of rotatable bonds is 3. The number of hydrogen-bond donors (Lipinski definition) is 1. The van der Waals surface area contributed by atoms with Crippen molar-refractivity contribution >= 4 is 18.3 Å². The van der Waals surface area contributed by atoms with Gasteiger partial charge in [-0.05, 0) is 44.6 Å². The predicted octanol–water partition coefficient (Wildman–Crippen LogP) is 2.13. The van der Waals surface area contributed by atoms with Crippen LogP contribution >= 0.6 is 12.4 Å². The molecule has 1 atom stereocenters. The van der Waals surface area contributed by atoms with Crippen molar-refractivity contribution in [3.05, 3.63) is 0 Å². The van der Waals surface area contributed by atoms with E-state index in [9.17, 15) is 4.79 Å². The van der Waals surface area contributed by atoms with Crippen LogP contribution in [0.15, 0.2) is 0 Å². The van der Waals surface area contributed by atoms with E-state index < -0.39 is 0 Å². The molecule has 4 nitrogen and oxygen atoms in total. The lowest BCUT2D eigenvalue weighted by atomic mass is 9.80. The van der Waals surface area contributed by atoms with Gasteiger partial charge >= 0.3 is 0 Å². The molecule has 3 rings (SSSR count). The maximum Gasteiger partial charge on any atom is 0.225 e. The summed E-state index contributed by atoms with van der Waals surface area (Å²) < 4.78 is 0. The second-order valence-corrected chi connectivity index (χ2v) is 7.13. The summed E-state index contributed by atoms with van der Waals surface area (Å²) in [6.07, 6.45) is 7.35. The standard InChI is InChI=1S/C17H31N3O.ClH/c1-2-14-3-5-15(6-4-14)17(21)20-11-9-19(10-12-20)16-7-8-18-13-16;/h14-16,18H,2-13H2,1H3;1H. The Labute approximate surface area is 141 Å². The maximum atomic E-state index is 12.7. The monoisotopic (exact) mass is 329 g/mol. The van der Waals surface area contributed by atoms with Crippen LogP contribution in [-0.2, 0) is 4.79 Å². The average molecular weight is 330 g/mol. The molecule has 1 N–H and O–H groups in total. The first-order valence-corrected chi connectivity index (χ1v) is 9.01. The van der Waals surface area contributed by atoms with E-state index in [1.807, 2.05) is 0 Å². The molecule has 2 heterocycles.